The lowest BCUT2D eigenvalue weighted by Gasteiger charge is -2.34. The number of likely N-dealkylation sites (N-methyl/N-ethyl adjacent to an activating group) is 1. The van der Waals surface area contributed by atoms with Crippen LogP contribution in [0.4, 0.5) is 0 Å². The van der Waals surface area contributed by atoms with Gasteiger partial charge in [0.2, 0.25) is 0 Å². The molecule has 0 saturated heterocycles. The van der Waals surface area contributed by atoms with Gasteiger partial charge in [0.25, 0.3) is 0 Å². The van der Waals surface area contributed by atoms with Crippen molar-refractivity contribution in [3.63, 3.8) is 0 Å². The molecule has 1 aliphatic carbocycles. The van der Waals surface area contributed by atoms with E-state index in [1.165, 1.54) is 16.0 Å². The molecule has 1 aromatic heterocycles. The standard InChI is InChI=1S/C18H23NOS/c1-2-19(11-10-16-6-4-12-21-16)15-8-9-17-14(13-15)5-3-7-18(17)20/h3-7,12,15,20H,2,8-11,13H2,1H3. The third-order valence-corrected chi connectivity index (χ3v) is 5.52. The Morgan fingerprint density at radius 3 is 2.95 bits per heavy atom. The van der Waals surface area contributed by atoms with E-state index in [2.05, 4.69) is 35.4 Å². The topological polar surface area (TPSA) is 23.5 Å². The minimum Gasteiger partial charge on any atom is -0.508 e. The highest BCUT2D eigenvalue weighted by atomic mass is 32.1. The molecule has 0 saturated carbocycles. The third kappa shape index (κ3) is 3.30. The Morgan fingerprint density at radius 1 is 1.29 bits per heavy atom. The highest BCUT2D eigenvalue weighted by Gasteiger charge is 2.24. The van der Waals surface area contributed by atoms with Crippen LogP contribution in [-0.2, 0) is 19.3 Å². The lowest BCUT2D eigenvalue weighted by Crippen LogP contribution is -2.40. The molecular weight excluding hydrogens is 278 g/mol. The van der Waals surface area contributed by atoms with Crippen molar-refractivity contribution in [3.05, 3.63) is 51.7 Å². The number of aromatic hydroxyl groups is 1. The van der Waals surface area contributed by atoms with E-state index >= 15 is 0 Å². The van der Waals surface area contributed by atoms with Gasteiger partial charge in [0, 0.05) is 17.5 Å². The van der Waals surface area contributed by atoms with E-state index in [0.29, 0.717) is 11.8 Å². The van der Waals surface area contributed by atoms with Crippen LogP contribution >= 0.6 is 11.3 Å². The first-order chi connectivity index (χ1) is 10.3. The Hall–Kier alpha value is -1.32. The van der Waals surface area contributed by atoms with Gasteiger partial charge in [-0.1, -0.05) is 25.1 Å². The first-order valence-corrected chi connectivity index (χ1v) is 8.72. The molecule has 3 heteroatoms. The SMILES string of the molecule is CCN(CCc1cccs1)C1CCc2c(O)cccc2C1. The minimum atomic E-state index is 0.479. The van der Waals surface area contributed by atoms with E-state index in [1.807, 2.05) is 23.5 Å². The molecule has 1 atom stereocenters. The second-order valence-corrected chi connectivity index (χ2v) is 6.80. The summed E-state index contributed by atoms with van der Waals surface area (Å²) in [6.45, 7) is 4.49. The Labute approximate surface area is 131 Å². The van der Waals surface area contributed by atoms with Crippen molar-refractivity contribution in [1.29, 1.82) is 0 Å². The van der Waals surface area contributed by atoms with E-state index < -0.39 is 0 Å². The molecule has 0 bridgehead atoms. The maximum absolute atomic E-state index is 9.95. The summed E-state index contributed by atoms with van der Waals surface area (Å²) in [5.74, 6) is 0.479. The van der Waals surface area contributed by atoms with Gasteiger partial charge in [-0.2, -0.15) is 0 Å². The molecule has 2 nitrogen and oxygen atoms in total. The predicted molar refractivity (Wildman–Crippen MR) is 89.2 cm³/mol. The summed E-state index contributed by atoms with van der Waals surface area (Å²) >= 11 is 1.85. The van der Waals surface area contributed by atoms with Crippen LogP contribution in [-0.4, -0.2) is 29.1 Å². The van der Waals surface area contributed by atoms with Gasteiger partial charge in [-0.3, -0.25) is 4.90 Å². The lowest BCUT2D eigenvalue weighted by molar-refractivity contribution is 0.191. The van der Waals surface area contributed by atoms with Gasteiger partial charge in [-0.25, -0.2) is 0 Å². The Morgan fingerprint density at radius 2 is 2.19 bits per heavy atom. The highest BCUT2D eigenvalue weighted by molar-refractivity contribution is 7.09. The van der Waals surface area contributed by atoms with Crippen molar-refractivity contribution in [2.45, 2.75) is 38.6 Å². The molecule has 0 fully saturated rings. The van der Waals surface area contributed by atoms with Crippen molar-refractivity contribution < 1.29 is 5.11 Å². The molecule has 0 aliphatic heterocycles. The van der Waals surface area contributed by atoms with Crippen molar-refractivity contribution in [2.75, 3.05) is 13.1 Å². The van der Waals surface area contributed by atoms with Crippen LogP contribution < -0.4 is 0 Å². The summed E-state index contributed by atoms with van der Waals surface area (Å²) in [7, 11) is 0. The number of phenols is 1. The summed E-state index contributed by atoms with van der Waals surface area (Å²) in [5, 5.41) is 12.1. The zero-order valence-corrected chi connectivity index (χ0v) is 13.4. The number of hydrogen-bond acceptors (Lipinski definition) is 3. The maximum Gasteiger partial charge on any atom is 0.119 e. The molecule has 0 spiro atoms. The van der Waals surface area contributed by atoms with Gasteiger partial charge in [0.15, 0.2) is 0 Å². The van der Waals surface area contributed by atoms with Gasteiger partial charge >= 0.3 is 0 Å². The summed E-state index contributed by atoms with van der Waals surface area (Å²) in [6, 6.07) is 10.9. The maximum atomic E-state index is 9.95. The number of nitrogens with zero attached hydrogens (tertiary/aromatic N) is 1. The number of phenolic OH excluding ortho intramolecular Hbond substituents is 1. The normalized spacial score (nSPS) is 17.9. The molecule has 3 rings (SSSR count). The van der Waals surface area contributed by atoms with Gasteiger partial charge in [0.05, 0.1) is 0 Å². The van der Waals surface area contributed by atoms with E-state index in [9.17, 15) is 5.11 Å². The fourth-order valence-corrected chi connectivity index (χ4v) is 4.09. The van der Waals surface area contributed by atoms with Crippen LogP contribution in [0.5, 0.6) is 5.75 Å². The largest absolute Gasteiger partial charge is 0.508 e. The Balaban J connectivity index is 1.65. The average molecular weight is 301 g/mol. The molecule has 1 aliphatic rings. The summed E-state index contributed by atoms with van der Waals surface area (Å²) < 4.78 is 0. The number of thiophene rings is 1. The van der Waals surface area contributed by atoms with E-state index in [1.54, 1.807) is 0 Å². The zero-order chi connectivity index (χ0) is 14.7. The molecule has 2 aromatic rings. The summed E-state index contributed by atoms with van der Waals surface area (Å²) in [4.78, 5) is 4.08. The second-order valence-electron chi connectivity index (χ2n) is 5.77. The van der Waals surface area contributed by atoms with Crippen LogP contribution in [0.3, 0.4) is 0 Å². The number of benzene rings is 1. The van der Waals surface area contributed by atoms with Crippen LogP contribution in [0.1, 0.15) is 29.3 Å². The molecule has 112 valence electrons. The fourth-order valence-electron chi connectivity index (χ4n) is 3.39. The smallest absolute Gasteiger partial charge is 0.119 e. The average Bonchev–Trinajstić information content (AvgIpc) is 3.01. The first-order valence-electron chi connectivity index (χ1n) is 7.84. The van der Waals surface area contributed by atoms with E-state index in [4.69, 9.17) is 0 Å². The molecule has 1 aromatic carbocycles. The number of fused-ring (bicyclic) bond motifs is 1. The Kier molecular flexibility index (Phi) is 4.61. The third-order valence-electron chi connectivity index (χ3n) is 4.58. The summed E-state index contributed by atoms with van der Waals surface area (Å²) in [6.07, 6.45) is 4.38. The highest BCUT2D eigenvalue weighted by Crippen LogP contribution is 2.30. The van der Waals surface area contributed by atoms with Gasteiger partial charge < -0.3 is 5.11 Å². The van der Waals surface area contributed by atoms with Crippen molar-refractivity contribution in [2.24, 2.45) is 0 Å². The van der Waals surface area contributed by atoms with Gasteiger partial charge in [-0.05, 0) is 60.9 Å². The predicted octanol–water partition coefficient (Wildman–Crippen LogP) is 3.88. The minimum absolute atomic E-state index is 0.479. The van der Waals surface area contributed by atoms with Crippen LogP contribution in [0.2, 0.25) is 0 Å². The quantitative estimate of drug-likeness (QED) is 0.906. The molecule has 1 heterocycles. The van der Waals surface area contributed by atoms with Crippen molar-refractivity contribution in [3.8, 4) is 5.75 Å². The molecule has 0 radical (unpaired) electrons. The molecule has 0 amide bonds. The first kappa shape index (κ1) is 14.6. The van der Waals surface area contributed by atoms with Crippen molar-refractivity contribution >= 4 is 11.3 Å². The monoisotopic (exact) mass is 301 g/mol. The van der Waals surface area contributed by atoms with Crippen LogP contribution in [0.25, 0.3) is 0 Å². The molecule has 21 heavy (non-hydrogen) atoms. The summed E-state index contributed by atoms with van der Waals surface area (Å²) in [5.41, 5.74) is 2.50. The van der Waals surface area contributed by atoms with Crippen LogP contribution in [0, 0.1) is 0 Å². The van der Waals surface area contributed by atoms with Crippen molar-refractivity contribution in [1.82, 2.24) is 4.90 Å². The molecule has 1 N–H and O–H groups in total. The number of rotatable bonds is 5. The zero-order valence-electron chi connectivity index (χ0n) is 12.6. The number of hydrogen-bond donors (Lipinski definition) is 1. The second kappa shape index (κ2) is 6.63. The van der Waals surface area contributed by atoms with Crippen LogP contribution in [0.15, 0.2) is 35.7 Å². The molecule has 1 unspecified atom stereocenters. The Bertz CT molecular complexity index is 579. The fraction of sp³-hybridized carbons (Fsp3) is 0.444. The van der Waals surface area contributed by atoms with Gasteiger partial charge in [-0.15, -0.1) is 11.3 Å². The lowest BCUT2D eigenvalue weighted by atomic mass is 9.87. The molecular formula is C18H23NOS. The van der Waals surface area contributed by atoms with E-state index in [0.717, 1.165) is 38.8 Å². The van der Waals surface area contributed by atoms with E-state index in [-0.39, 0.29) is 0 Å². The van der Waals surface area contributed by atoms with Gasteiger partial charge in [0.1, 0.15) is 5.75 Å².